The van der Waals surface area contributed by atoms with Crippen LogP contribution in [0.5, 0.6) is 0 Å². The molecule has 2 aromatic heterocycles. The molecule has 1 atom stereocenters. The van der Waals surface area contributed by atoms with Gasteiger partial charge in [-0.15, -0.1) is 11.3 Å². The first-order valence-corrected chi connectivity index (χ1v) is 6.54. The summed E-state index contributed by atoms with van der Waals surface area (Å²) in [5.41, 5.74) is -0.0348. The molecule has 1 amide bonds. The van der Waals surface area contributed by atoms with E-state index >= 15 is 0 Å². The van der Waals surface area contributed by atoms with E-state index in [4.69, 9.17) is 5.11 Å². The molecule has 0 saturated heterocycles. The summed E-state index contributed by atoms with van der Waals surface area (Å²) in [4.78, 5) is 23.6. The van der Waals surface area contributed by atoms with E-state index in [2.05, 4.69) is 15.0 Å². The topological polar surface area (TPSA) is 92.4 Å². The molecule has 0 radical (unpaired) electrons. The van der Waals surface area contributed by atoms with Crippen LogP contribution in [-0.2, 0) is 0 Å². The van der Waals surface area contributed by atoms with Crippen LogP contribution in [0.2, 0.25) is 0 Å². The van der Waals surface area contributed by atoms with E-state index in [1.165, 1.54) is 0 Å². The molecule has 0 aliphatic carbocycles. The monoisotopic (exact) mass is 280 g/mol. The van der Waals surface area contributed by atoms with Crippen LogP contribution >= 0.6 is 11.3 Å². The van der Waals surface area contributed by atoms with Gasteiger partial charge in [0.1, 0.15) is 0 Å². The van der Waals surface area contributed by atoms with Crippen molar-refractivity contribution in [3.8, 4) is 0 Å². The van der Waals surface area contributed by atoms with Gasteiger partial charge in [0.25, 0.3) is 5.91 Å². The Morgan fingerprint density at radius 1 is 1.58 bits per heavy atom. The molecule has 2 rings (SSSR count). The fourth-order valence-corrected chi connectivity index (χ4v) is 2.44. The minimum Gasteiger partial charge on any atom is -0.475 e. The molecule has 2 heterocycles. The molecule has 0 aromatic carbocycles. The van der Waals surface area contributed by atoms with Crippen molar-refractivity contribution >= 4 is 23.2 Å². The van der Waals surface area contributed by atoms with Crippen LogP contribution in [0.25, 0.3) is 0 Å². The number of carboxylic acids is 1. The lowest BCUT2D eigenvalue weighted by atomic mass is 10.2. The first-order chi connectivity index (χ1) is 9.11. The number of nitrogens with zero attached hydrogens (tertiary/aromatic N) is 1. The Balaban J connectivity index is 2.09. The number of hydrogen-bond donors (Lipinski definition) is 2. The van der Waals surface area contributed by atoms with Crippen molar-refractivity contribution in [2.75, 3.05) is 0 Å². The van der Waals surface area contributed by atoms with Crippen LogP contribution in [0.15, 0.2) is 28.1 Å². The largest absolute Gasteiger partial charge is 0.475 e. The van der Waals surface area contributed by atoms with Crippen molar-refractivity contribution in [2.45, 2.75) is 19.4 Å². The van der Waals surface area contributed by atoms with E-state index in [9.17, 15) is 9.59 Å². The number of carbonyl (C=O) groups excluding carboxylic acids is 1. The molecule has 0 fully saturated rings. The summed E-state index contributed by atoms with van der Waals surface area (Å²) in [7, 11) is 0. The van der Waals surface area contributed by atoms with Gasteiger partial charge in [0.2, 0.25) is 5.76 Å². The Labute approximate surface area is 113 Å². The summed E-state index contributed by atoms with van der Waals surface area (Å²) >= 11 is 1.55. The van der Waals surface area contributed by atoms with Gasteiger partial charge in [0.05, 0.1) is 6.04 Å². The molecule has 2 aromatic rings. The van der Waals surface area contributed by atoms with Crippen molar-refractivity contribution in [3.05, 3.63) is 39.9 Å². The third-order valence-electron chi connectivity index (χ3n) is 2.55. The SMILES string of the molecule is CCC(NC(=O)c1cc(C(=O)O)on1)c1cccs1. The molecular formula is C12H12N2O4S. The lowest BCUT2D eigenvalue weighted by molar-refractivity contribution is 0.0651. The average Bonchev–Trinajstić information content (AvgIpc) is 3.05. The van der Waals surface area contributed by atoms with E-state index in [-0.39, 0.29) is 17.5 Å². The number of hydrogen-bond acceptors (Lipinski definition) is 5. The highest BCUT2D eigenvalue weighted by Gasteiger charge is 2.20. The minimum atomic E-state index is -1.25. The second-order valence-corrected chi connectivity index (χ2v) is 4.81. The molecule has 1 unspecified atom stereocenters. The van der Waals surface area contributed by atoms with Crippen LogP contribution in [0.4, 0.5) is 0 Å². The zero-order valence-corrected chi connectivity index (χ0v) is 10.9. The quantitative estimate of drug-likeness (QED) is 0.876. The standard InChI is InChI=1S/C12H12N2O4S/c1-2-7(10-4-3-5-19-10)13-11(15)8-6-9(12(16)17)18-14-8/h3-7H,2H2,1H3,(H,13,15)(H,16,17). The first-order valence-electron chi connectivity index (χ1n) is 5.66. The van der Waals surface area contributed by atoms with Crippen LogP contribution in [0.3, 0.4) is 0 Å². The van der Waals surface area contributed by atoms with E-state index in [1.54, 1.807) is 11.3 Å². The Morgan fingerprint density at radius 3 is 2.89 bits per heavy atom. The van der Waals surface area contributed by atoms with Gasteiger partial charge in [0, 0.05) is 10.9 Å². The van der Waals surface area contributed by atoms with E-state index in [0.29, 0.717) is 0 Å². The van der Waals surface area contributed by atoms with Crippen molar-refractivity contribution in [2.24, 2.45) is 0 Å². The zero-order chi connectivity index (χ0) is 13.8. The molecule has 0 aliphatic rings. The second kappa shape index (κ2) is 5.66. The molecule has 100 valence electrons. The number of carbonyl (C=O) groups is 2. The molecule has 0 saturated carbocycles. The average molecular weight is 280 g/mol. The Morgan fingerprint density at radius 2 is 2.37 bits per heavy atom. The summed E-state index contributed by atoms with van der Waals surface area (Å²) in [6.07, 6.45) is 0.732. The number of nitrogens with one attached hydrogen (secondary N) is 1. The van der Waals surface area contributed by atoms with Crippen LogP contribution < -0.4 is 5.32 Å². The molecule has 2 N–H and O–H groups in total. The van der Waals surface area contributed by atoms with Crippen LogP contribution in [0, 0.1) is 0 Å². The van der Waals surface area contributed by atoms with Crippen molar-refractivity contribution in [1.29, 1.82) is 0 Å². The lowest BCUT2D eigenvalue weighted by Crippen LogP contribution is -2.27. The smallest absolute Gasteiger partial charge is 0.374 e. The van der Waals surface area contributed by atoms with Gasteiger partial charge in [-0.05, 0) is 17.9 Å². The fraction of sp³-hybridized carbons (Fsp3) is 0.250. The molecule has 0 aliphatic heterocycles. The summed E-state index contributed by atoms with van der Waals surface area (Å²) in [6, 6.07) is 4.84. The highest BCUT2D eigenvalue weighted by atomic mass is 32.1. The van der Waals surface area contributed by atoms with Crippen molar-refractivity contribution in [3.63, 3.8) is 0 Å². The minimum absolute atomic E-state index is 0.0348. The van der Waals surface area contributed by atoms with Gasteiger partial charge in [0.15, 0.2) is 5.69 Å². The van der Waals surface area contributed by atoms with Crippen molar-refractivity contribution in [1.82, 2.24) is 10.5 Å². The number of carboxylic acid groups (broad SMARTS) is 1. The Bertz CT molecular complexity index is 576. The van der Waals surface area contributed by atoms with Crippen LogP contribution in [-0.4, -0.2) is 22.1 Å². The van der Waals surface area contributed by atoms with Gasteiger partial charge in [-0.3, -0.25) is 4.79 Å². The number of amides is 1. The molecule has 19 heavy (non-hydrogen) atoms. The summed E-state index contributed by atoms with van der Waals surface area (Å²) in [5.74, 6) is -2.05. The first kappa shape index (κ1) is 13.3. The highest BCUT2D eigenvalue weighted by molar-refractivity contribution is 7.10. The summed E-state index contributed by atoms with van der Waals surface area (Å²) in [6.45, 7) is 1.95. The number of aromatic carboxylic acids is 1. The number of aromatic nitrogens is 1. The van der Waals surface area contributed by atoms with E-state index in [1.807, 2.05) is 24.4 Å². The Kier molecular flexibility index (Phi) is 3.96. The predicted octanol–water partition coefficient (Wildman–Crippen LogP) is 2.32. The summed E-state index contributed by atoms with van der Waals surface area (Å²) < 4.78 is 4.55. The third kappa shape index (κ3) is 3.00. The van der Waals surface area contributed by atoms with Gasteiger partial charge < -0.3 is 14.9 Å². The molecule has 0 spiro atoms. The second-order valence-electron chi connectivity index (χ2n) is 3.83. The van der Waals surface area contributed by atoms with Gasteiger partial charge in [-0.1, -0.05) is 18.1 Å². The zero-order valence-electron chi connectivity index (χ0n) is 10.1. The highest BCUT2D eigenvalue weighted by Crippen LogP contribution is 2.22. The normalized spacial score (nSPS) is 12.1. The summed E-state index contributed by atoms with van der Waals surface area (Å²) in [5, 5.41) is 16.9. The maximum absolute atomic E-state index is 11.9. The number of thiophene rings is 1. The van der Waals surface area contributed by atoms with Gasteiger partial charge >= 0.3 is 5.97 Å². The maximum Gasteiger partial charge on any atom is 0.374 e. The van der Waals surface area contributed by atoms with Crippen molar-refractivity contribution < 1.29 is 19.2 Å². The van der Waals surface area contributed by atoms with Gasteiger partial charge in [-0.2, -0.15) is 0 Å². The molecule has 7 heteroatoms. The third-order valence-corrected chi connectivity index (χ3v) is 3.54. The lowest BCUT2D eigenvalue weighted by Gasteiger charge is -2.14. The van der Waals surface area contributed by atoms with E-state index in [0.717, 1.165) is 17.4 Å². The molecule has 0 bridgehead atoms. The van der Waals surface area contributed by atoms with Crippen LogP contribution in [0.1, 0.15) is 45.3 Å². The molecular weight excluding hydrogens is 268 g/mol. The fourth-order valence-electron chi connectivity index (χ4n) is 1.58. The Hall–Kier alpha value is -2.15. The number of rotatable bonds is 5. The maximum atomic E-state index is 11.9. The van der Waals surface area contributed by atoms with E-state index < -0.39 is 11.9 Å². The molecule has 6 nitrogen and oxygen atoms in total. The predicted molar refractivity (Wildman–Crippen MR) is 68.3 cm³/mol. The van der Waals surface area contributed by atoms with Gasteiger partial charge in [-0.25, -0.2) is 4.79 Å².